The molecule has 2 aromatic carbocycles. The lowest BCUT2D eigenvalue weighted by Crippen LogP contribution is -2.55. The molecule has 0 radical (unpaired) electrons. The van der Waals surface area contributed by atoms with Crippen molar-refractivity contribution in [3.8, 4) is 0 Å². The van der Waals surface area contributed by atoms with Gasteiger partial charge in [0, 0.05) is 6.92 Å². The Labute approximate surface area is 141 Å². The summed E-state index contributed by atoms with van der Waals surface area (Å²) >= 11 is 5.40. The fourth-order valence-electron chi connectivity index (χ4n) is 3.59. The van der Waals surface area contributed by atoms with Crippen molar-refractivity contribution in [3.63, 3.8) is 0 Å². The Kier molecular flexibility index (Phi) is 3.72. The number of rotatable bonds is 2. The molecule has 1 saturated heterocycles. The smallest absolute Gasteiger partial charge is 0.267 e. The second kappa shape index (κ2) is 5.46. The summed E-state index contributed by atoms with van der Waals surface area (Å²) in [6, 6.07) is 19.9. The van der Waals surface area contributed by atoms with Gasteiger partial charge in [-0.15, -0.1) is 0 Å². The molecule has 23 heavy (non-hydrogen) atoms. The van der Waals surface area contributed by atoms with Gasteiger partial charge in [-0.2, -0.15) is 0 Å². The third-order valence-electron chi connectivity index (χ3n) is 4.43. The summed E-state index contributed by atoms with van der Waals surface area (Å²) in [5.41, 5.74) is 0.467. The zero-order valence-electron chi connectivity index (χ0n) is 13.4. The zero-order valence-corrected chi connectivity index (χ0v) is 14.3. The number of amides is 1. The number of hydrogen-bond donors (Lipinski definition) is 0. The van der Waals surface area contributed by atoms with E-state index in [1.807, 2.05) is 74.5 Å². The zero-order chi connectivity index (χ0) is 16.7. The number of ether oxygens (including phenoxy) is 1. The van der Waals surface area contributed by atoms with Crippen molar-refractivity contribution in [2.24, 2.45) is 0 Å². The van der Waals surface area contributed by atoms with E-state index in [0.29, 0.717) is 0 Å². The van der Waals surface area contributed by atoms with E-state index in [-0.39, 0.29) is 11.1 Å². The van der Waals surface area contributed by atoms with Crippen LogP contribution in [0.4, 0.5) is 0 Å². The number of benzene rings is 2. The van der Waals surface area contributed by atoms with Crippen molar-refractivity contribution >= 4 is 23.3 Å². The van der Waals surface area contributed by atoms with Gasteiger partial charge >= 0.3 is 0 Å². The number of thiocarbonyl (C=S) groups is 1. The molecule has 1 amide bonds. The van der Waals surface area contributed by atoms with Crippen molar-refractivity contribution < 1.29 is 9.53 Å². The minimum absolute atomic E-state index is 0.131. The summed E-state index contributed by atoms with van der Waals surface area (Å²) < 4.78 is 5.98. The first-order valence-corrected chi connectivity index (χ1v) is 7.97. The summed E-state index contributed by atoms with van der Waals surface area (Å²) in [6.45, 7) is 5.47. The van der Waals surface area contributed by atoms with Crippen molar-refractivity contribution in [3.05, 3.63) is 71.8 Å². The van der Waals surface area contributed by atoms with Crippen LogP contribution in [0.1, 0.15) is 31.9 Å². The van der Waals surface area contributed by atoms with E-state index in [1.165, 1.54) is 6.92 Å². The molecule has 2 aromatic rings. The normalized spacial score (nSPS) is 18.6. The highest BCUT2D eigenvalue weighted by Gasteiger charge is 2.62. The van der Waals surface area contributed by atoms with E-state index in [0.717, 1.165) is 11.1 Å². The molecule has 0 aromatic heterocycles. The Morgan fingerprint density at radius 2 is 1.39 bits per heavy atom. The summed E-state index contributed by atoms with van der Waals surface area (Å²) in [7, 11) is 0. The molecular weight excluding hydrogens is 306 g/mol. The molecule has 4 heteroatoms. The predicted octanol–water partition coefficient (Wildman–Crippen LogP) is 3.87. The molecule has 3 nitrogen and oxygen atoms in total. The summed E-state index contributed by atoms with van der Waals surface area (Å²) in [4.78, 5) is 14.1. The quantitative estimate of drug-likeness (QED) is 0.785. The standard InChI is InChI=1S/C19H19NO2S/c1-14(21)20-17(23)22-18(2,3)19(20,15-10-6-4-7-11-15)16-12-8-5-9-13-16/h4-13H,1-3H3. The van der Waals surface area contributed by atoms with Gasteiger partial charge in [-0.05, 0) is 37.2 Å². The SMILES string of the molecule is CC(=O)N1C(=S)OC(C)(C)C1(c1ccccc1)c1ccccc1. The molecule has 1 heterocycles. The van der Waals surface area contributed by atoms with Crippen LogP contribution in [-0.2, 0) is 15.1 Å². The maximum absolute atomic E-state index is 12.5. The number of carbonyl (C=O) groups is 1. The molecule has 118 valence electrons. The van der Waals surface area contributed by atoms with Gasteiger partial charge < -0.3 is 4.74 Å². The Bertz CT molecular complexity index is 701. The lowest BCUT2D eigenvalue weighted by molar-refractivity contribution is -0.129. The van der Waals surface area contributed by atoms with Crippen LogP contribution < -0.4 is 0 Å². The summed E-state index contributed by atoms with van der Waals surface area (Å²) in [5.74, 6) is -0.131. The van der Waals surface area contributed by atoms with E-state index < -0.39 is 11.1 Å². The molecule has 0 saturated carbocycles. The first-order valence-electron chi connectivity index (χ1n) is 7.56. The number of nitrogens with zero attached hydrogens (tertiary/aromatic N) is 1. The van der Waals surface area contributed by atoms with E-state index >= 15 is 0 Å². The Balaban J connectivity index is 2.40. The number of carbonyl (C=O) groups excluding carboxylic acids is 1. The molecule has 1 aliphatic heterocycles. The van der Waals surface area contributed by atoms with E-state index in [4.69, 9.17) is 17.0 Å². The van der Waals surface area contributed by atoms with Crippen LogP contribution in [0.15, 0.2) is 60.7 Å². The van der Waals surface area contributed by atoms with Crippen molar-refractivity contribution in [1.29, 1.82) is 0 Å². The molecule has 1 fully saturated rings. The van der Waals surface area contributed by atoms with Gasteiger partial charge in [0.25, 0.3) is 5.17 Å². The maximum Gasteiger partial charge on any atom is 0.267 e. The molecule has 0 unspecified atom stereocenters. The Morgan fingerprint density at radius 1 is 0.957 bits per heavy atom. The second-order valence-corrected chi connectivity index (χ2v) is 6.52. The van der Waals surface area contributed by atoms with Gasteiger partial charge in [-0.25, -0.2) is 0 Å². The lowest BCUT2D eigenvalue weighted by Gasteiger charge is -2.43. The monoisotopic (exact) mass is 325 g/mol. The molecule has 0 bridgehead atoms. The van der Waals surface area contributed by atoms with Crippen LogP contribution >= 0.6 is 12.2 Å². The van der Waals surface area contributed by atoms with Crippen LogP contribution in [0.2, 0.25) is 0 Å². The van der Waals surface area contributed by atoms with Gasteiger partial charge in [0.05, 0.1) is 0 Å². The highest BCUT2D eigenvalue weighted by molar-refractivity contribution is 7.80. The average Bonchev–Trinajstić information content (AvgIpc) is 2.75. The van der Waals surface area contributed by atoms with E-state index in [9.17, 15) is 4.79 Å². The highest BCUT2D eigenvalue weighted by Crippen LogP contribution is 2.51. The Hall–Kier alpha value is -2.20. The fraction of sp³-hybridized carbons (Fsp3) is 0.263. The maximum atomic E-state index is 12.5. The second-order valence-electron chi connectivity index (χ2n) is 6.18. The first kappa shape index (κ1) is 15.7. The number of hydrogen-bond acceptors (Lipinski definition) is 3. The van der Waals surface area contributed by atoms with E-state index in [1.54, 1.807) is 4.90 Å². The van der Waals surface area contributed by atoms with Gasteiger partial charge in [-0.1, -0.05) is 60.7 Å². The lowest BCUT2D eigenvalue weighted by atomic mass is 9.71. The minimum atomic E-state index is -0.793. The van der Waals surface area contributed by atoms with Crippen molar-refractivity contribution in [2.45, 2.75) is 31.9 Å². The highest BCUT2D eigenvalue weighted by atomic mass is 32.1. The molecular formula is C19H19NO2S. The van der Waals surface area contributed by atoms with Crippen LogP contribution in [0, 0.1) is 0 Å². The third kappa shape index (κ3) is 2.17. The van der Waals surface area contributed by atoms with Crippen LogP contribution in [0.5, 0.6) is 0 Å². The first-order chi connectivity index (χ1) is 10.9. The topological polar surface area (TPSA) is 29.5 Å². The fourth-order valence-corrected chi connectivity index (χ4v) is 4.06. The largest absolute Gasteiger partial charge is 0.461 e. The van der Waals surface area contributed by atoms with Gasteiger partial charge in [0.2, 0.25) is 5.91 Å². The molecule has 1 aliphatic rings. The average molecular weight is 325 g/mol. The van der Waals surface area contributed by atoms with Gasteiger partial charge in [0.15, 0.2) is 0 Å². The summed E-state index contributed by atoms with van der Waals surface area (Å²) in [6.07, 6.45) is 0. The van der Waals surface area contributed by atoms with Crippen LogP contribution in [-0.4, -0.2) is 21.6 Å². The van der Waals surface area contributed by atoms with Gasteiger partial charge in [-0.3, -0.25) is 9.69 Å². The molecule has 0 atom stereocenters. The molecule has 0 aliphatic carbocycles. The minimum Gasteiger partial charge on any atom is -0.461 e. The molecule has 3 rings (SSSR count). The van der Waals surface area contributed by atoms with Gasteiger partial charge in [0.1, 0.15) is 11.1 Å². The predicted molar refractivity (Wildman–Crippen MR) is 93.9 cm³/mol. The van der Waals surface area contributed by atoms with Crippen molar-refractivity contribution in [1.82, 2.24) is 4.90 Å². The molecule has 0 N–H and O–H groups in total. The summed E-state index contributed by atoms with van der Waals surface area (Å²) in [5, 5.41) is 0.218. The Morgan fingerprint density at radius 3 is 1.78 bits per heavy atom. The third-order valence-corrected chi connectivity index (χ3v) is 4.70. The van der Waals surface area contributed by atoms with Crippen LogP contribution in [0.3, 0.4) is 0 Å². The van der Waals surface area contributed by atoms with Crippen molar-refractivity contribution in [2.75, 3.05) is 0 Å². The van der Waals surface area contributed by atoms with Crippen LogP contribution in [0.25, 0.3) is 0 Å². The molecule has 0 spiro atoms. The van der Waals surface area contributed by atoms with E-state index in [2.05, 4.69) is 0 Å².